The molecule has 0 aromatic carbocycles. The second-order valence-corrected chi connectivity index (χ2v) is 5.72. The van der Waals surface area contributed by atoms with E-state index in [-0.39, 0.29) is 18.4 Å². The summed E-state index contributed by atoms with van der Waals surface area (Å²) >= 11 is 0. The van der Waals surface area contributed by atoms with Gasteiger partial charge in [0.15, 0.2) is 6.61 Å². The third-order valence-electron chi connectivity index (χ3n) is 3.87. The summed E-state index contributed by atoms with van der Waals surface area (Å²) in [4.78, 5) is 14.1. The Hall–Kier alpha value is -2.31. The summed E-state index contributed by atoms with van der Waals surface area (Å²) in [6, 6.07) is 3.71. The standard InChI is InChI=1S/C15H20N4O3/c1-10-6-13(17-16-10)12-4-3-5-19(8-12)15(20)9-21-14-7-11(2)22-18-14/h6-7,12H,3-5,8-9H2,1-2H3,(H,16,17)/t12-/m1/s1. The number of piperidine rings is 1. The van der Waals surface area contributed by atoms with Gasteiger partial charge in [-0.3, -0.25) is 9.89 Å². The largest absolute Gasteiger partial charge is 0.465 e. The number of nitrogens with zero attached hydrogens (tertiary/aromatic N) is 3. The number of aryl methyl sites for hydroxylation is 2. The van der Waals surface area contributed by atoms with Gasteiger partial charge in [0.05, 0.1) is 5.69 Å². The van der Waals surface area contributed by atoms with Gasteiger partial charge < -0.3 is 14.2 Å². The maximum atomic E-state index is 12.3. The third-order valence-corrected chi connectivity index (χ3v) is 3.87. The molecule has 0 spiro atoms. The van der Waals surface area contributed by atoms with Crippen LogP contribution in [0.5, 0.6) is 5.88 Å². The summed E-state index contributed by atoms with van der Waals surface area (Å²) in [5.41, 5.74) is 2.08. The molecule has 7 nitrogen and oxygen atoms in total. The number of nitrogens with one attached hydrogen (secondary N) is 1. The minimum atomic E-state index is -0.0300. The molecule has 3 rings (SSSR count). The number of H-pyrrole nitrogens is 1. The zero-order valence-corrected chi connectivity index (χ0v) is 12.8. The monoisotopic (exact) mass is 304 g/mol. The Morgan fingerprint density at radius 2 is 2.36 bits per heavy atom. The van der Waals surface area contributed by atoms with Crippen LogP contribution in [0, 0.1) is 13.8 Å². The number of carbonyl (C=O) groups is 1. The van der Waals surface area contributed by atoms with E-state index in [9.17, 15) is 4.79 Å². The molecule has 2 aromatic heterocycles. The van der Waals surface area contributed by atoms with E-state index in [2.05, 4.69) is 15.4 Å². The van der Waals surface area contributed by atoms with Crippen molar-refractivity contribution in [3.05, 3.63) is 29.3 Å². The number of likely N-dealkylation sites (tertiary alicyclic amines) is 1. The first kappa shape index (κ1) is 14.6. The van der Waals surface area contributed by atoms with Crippen LogP contribution >= 0.6 is 0 Å². The van der Waals surface area contributed by atoms with Gasteiger partial charge in [-0.2, -0.15) is 5.10 Å². The fourth-order valence-electron chi connectivity index (χ4n) is 2.73. The Bertz CT molecular complexity index is 649. The van der Waals surface area contributed by atoms with Gasteiger partial charge in [-0.05, 0) is 37.9 Å². The molecule has 0 bridgehead atoms. The molecular weight excluding hydrogens is 284 g/mol. The van der Waals surface area contributed by atoms with Gasteiger partial charge in [-0.15, -0.1) is 0 Å². The van der Waals surface area contributed by atoms with E-state index < -0.39 is 0 Å². The van der Waals surface area contributed by atoms with Crippen molar-refractivity contribution in [1.82, 2.24) is 20.3 Å². The van der Waals surface area contributed by atoms with Gasteiger partial charge in [0.25, 0.3) is 11.8 Å². The zero-order chi connectivity index (χ0) is 15.5. The van der Waals surface area contributed by atoms with Crippen LogP contribution in [0.15, 0.2) is 16.7 Å². The SMILES string of the molecule is Cc1cc([C@@H]2CCCN(C(=O)COc3cc(C)on3)C2)n[nH]1. The van der Waals surface area contributed by atoms with Gasteiger partial charge in [0.1, 0.15) is 5.76 Å². The molecule has 3 heterocycles. The lowest BCUT2D eigenvalue weighted by molar-refractivity contribution is -0.134. The minimum Gasteiger partial charge on any atom is -0.465 e. The van der Waals surface area contributed by atoms with Crippen LogP contribution in [-0.2, 0) is 4.79 Å². The van der Waals surface area contributed by atoms with E-state index in [0.29, 0.717) is 18.2 Å². The predicted molar refractivity (Wildman–Crippen MR) is 78.6 cm³/mol. The van der Waals surface area contributed by atoms with Crippen LogP contribution in [0.3, 0.4) is 0 Å². The lowest BCUT2D eigenvalue weighted by atomic mass is 9.94. The second-order valence-electron chi connectivity index (χ2n) is 5.72. The molecule has 1 aliphatic heterocycles. The Balaban J connectivity index is 1.55. The molecule has 2 aromatic rings. The topological polar surface area (TPSA) is 84.2 Å². The smallest absolute Gasteiger partial charge is 0.260 e. The van der Waals surface area contributed by atoms with E-state index >= 15 is 0 Å². The highest BCUT2D eigenvalue weighted by Crippen LogP contribution is 2.26. The van der Waals surface area contributed by atoms with Crippen LogP contribution in [-0.4, -0.2) is 45.9 Å². The maximum absolute atomic E-state index is 12.3. The van der Waals surface area contributed by atoms with Gasteiger partial charge in [0, 0.05) is 30.8 Å². The van der Waals surface area contributed by atoms with Crippen molar-refractivity contribution >= 4 is 5.91 Å². The summed E-state index contributed by atoms with van der Waals surface area (Å²) in [5, 5.41) is 11.0. The number of rotatable bonds is 4. The molecule has 0 unspecified atom stereocenters. The maximum Gasteiger partial charge on any atom is 0.260 e. The summed E-state index contributed by atoms with van der Waals surface area (Å²) in [5.74, 6) is 1.27. The molecule has 1 fully saturated rings. The lowest BCUT2D eigenvalue weighted by Gasteiger charge is -2.31. The van der Waals surface area contributed by atoms with Crippen molar-refractivity contribution in [2.45, 2.75) is 32.6 Å². The molecule has 0 radical (unpaired) electrons. The highest BCUT2D eigenvalue weighted by Gasteiger charge is 2.26. The number of aromatic amines is 1. The fourth-order valence-corrected chi connectivity index (χ4v) is 2.73. The van der Waals surface area contributed by atoms with E-state index in [4.69, 9.17) is 9.26 Å². The number of hydrogen-bond donors (Lipinski definition) is 1. The quantitative estimate of drug-likeness (QED) is 0.931. The summed E-state index contributed by atoms with van der Waals surface area (Å²) in [6.07, 6.45) is 2.03. The van der Waals surface area contributed by atoms with Crippen molar-refractivity contribution in [3.8, 4) is 5.88 Å². The molecule has 0 aliphatic carbocycles. The zero-order valence-electron chi connectivity index (χ0n) is 12.8. The summed E-state index contributed by atoms with van der Waals surface area (Å²) in [6.45, 7) is 5.20. The first-order chi connectivity index (χ1) is 10.6. The van der Waals surface area contributed by atoms with Crippen molar-refractivity contribution in [2.24, 2.45) is 0 Å². The highest BCUT2D eigenvalue weighted by molar-refractivity contribution is 5.77. The number of ether oxygens (including phenoxy) is 1. The average molecular weight is 304 g/mol. The molecule has 1 aliphatic rings. The molecule has 7 heteroatoms. The van der Waals surface area contributed by atoms with E-state index in [1.807, 2.05) is 17.9 Å². The lowest BCUT2D eigenvalue weighted by Crippen LogP contribution is -2.41. The first-order valence-corrected chi connectivity index (χ1v) is 7.47. The molecule has 1 amide bonds. The number of carbonyl (C=O) groups excluding carboxylic acids is 1. The Labute approximate surface area is 128 Å². The van der Waals surface area contributed by atoms with Crippen molar-refractivity contribution in [2.75, 3.05) is 19.7 Å². The van der Waals surface area contributed by atoms with Crippen LogP contribution in [0.2, 0.25) is 0 Å². The van der Waals surface area contributed by atoms with Crippen molar-refractivity contribution in [3.63, 3.8) is 0 Å². The van der Waals surface area contributed by atoms with Crippen molar-refractivity contribution < 1.29 is 14.1 Å². The van der Waals surface area contributed by atoms with Gasteiger partial charge in [0.2, 0.25) is 0 Å². The Morgan fingerprint density at radius 3 is 3.05 bits per heavy atom. The third kappa shape index (κ3) is 3.29. The normalized spacial score (nSPS) is 18.5. The predicted octanol–water partition coefficient (Wildman–Crippen LogP) is 1.80. The molecular formula is C15H20N4O3. The number of aromatic nitrogens is 3. The second kappa shape index (κ2) is 6.21. The van der Waals surface area contributed by atoms with Gasteiger partial charge in [-0.1, -0.05) is 0 Å². The average Bonchev–Trinajstić information content (AvgIpc) is 3.13. The minimum absolute atomic E-state index is 0.0156. The van der Waals surface area contributed by atoms with E-state index in [1.165, 1.54) is 0 Å². The van der Waals surface area contributed by atoms with Crippen LogP contribution in [0.1, 0.15) is 35.9 Å². The highest BCUT2D eigenvalue weighted by atomic mass is 16.5. The van der Waals surface area contributed by atoms with E-state index in [0.717, 1.165) is 30.8 Å². The molecule has 1 atom stereocenters. The summed E-state index contributed by atoms with van der Waals surface area (Å²) < 4.78 is 10.3. The first-order valence-electron chi connectivity index (χ1n) is 7.47. The molecule has 22 heavy (non-hydrogen) atoms. The van der Waals surface area contributed by atoms with E-state index in [1.54, 1.807) is 13.0 Å². The summed E-state index contributed by atoms with van der Waals surface area (Å²) in [7, 11) is 0. The van der Waals surface area contributed by atoms with Crippen LogP contribution in [0.4, 0.5) is 0 Å². The van der Waals surface area contributed by atoms with Crippen molar-refractivity contribution in [1.29, 1.82) is 0 Å². The molecule has 1 saturated heterocycles. The fraction of sp³-hybridized carbons (Fsp3) is 0.533. The van der Waals surface area contributed by atoms with Crippen LogP contribution in [0.25, 0.3) is 0 Å². The van der Waals surface area contributed by atoms with Gasteiger partial charge >= 0.3 is 0 Å². The van der Waals surface area contributed by atoms with Gasteiger partial charge in [-0.25, -0.2) is 0 Å². The molecule has 118 valence electrons. The molecule has 1 N–H and O–H groups in total. The molecule has 0 saturated carbocycles. The Morgan fingerprint density at radius 1 is 1.50 bits per heavy atom. The number of amides is 1. The van der Waals surface area contributed by atoms with Crippen LogP contribution < -0.4 is 4.74 Å². The Kier molecular flexibility index (Phi) is 4.13. The number of hydrogen-bond acceptors (Lipinski definition) is 5.